The zero-order chi connectivity index (χ0) is 21.8. The molecule has 0 saturated heterocycles. The first-order valence-electron chi connectivity index (χ1n) is 10.3. The van der Waals surface area contributed by atoms with E-state index in [0.717, 1.165) is 6.42 Å². The van der Waals surface area contributed by atoms with Gasteiger partial charge in [-0.3, -0.25) is 14.4 Å². The summed E-state index contributed by atoms with van der Waals surface area (Å²) in [5.74, 6) is -1.87. The van der Waals surface area contributed by atoms with Crippen LogP contribution in [0.1, 0.15) is 40.5 Å². The summed E-state index contributed by atoms with van der Waals surface area (Å²) in [5.41, 5.74) is -0.363. The van der Waals surface area contributed by atoms with Crippen LogP contribution >= 0.6 is 0 Å². The molecule has 0 saturated carbocycles. The number of carbonyl (C=O) groups excluding carboxylic acids is 4. The maximum absolute atomic E-state index is 12.9. The van der Waals surface area contributed by atoms with Gasteiger partial charge in [0.1, 0.15) is 11.3 Å². The highest BCUT2D eigenvalue weighted by molar-refractivity contribution is 6.24. The average Bonchev–Trinajstić information content (AvgIpc) is 2.98. The molecule has 4 aliphatic rings. The van der Waals surface area contributed by atoms with Crippen LogP contribution in [0.15, 0.2) is 58.6 Å². The lowest BCUT2D eigenvalue weighted by Crippen LogP contribution is -2.41. The van der Waals surface area contributed by atoms with Crippen molar-refractivity contribution in [2.24, 2.45) is 17.8 Å². The Morgan fingerprint density at radius 2 is 2.00 bits per heavy atom. The molecule has 2 aliphatic carbocycles. The summed E-state index contributed by atoms with van der Waals surface area (Å²) in [6.45, 7) is 7.08. The number of hydrogen-bond donors (Lipinski definition) is 0. The van der Waals surface area contributed by atoms with Crippen LogP contribution in [0.5, 0.6) is 0 Å². The third kappa shape index (κ3) is 2.85. The number of Topliss-reactive ketones (excluding diaryl/α,β-unsaturated/α-hetero) is 1. The van der Waals surface area contributed by atoms with Crippen molar-refractivity contribution in [2.45, 2.75) is 46.1 Å². The van der Waals surface area contributed by atoms with E-state index in [1.165, 1.54) is 19.3 Å². The highest BCUT2D eigenvalue weighted by Gasteiger charge is 2.55. The van der Waals surface area contributed by atoms with Gasteiger partial charge in [0.15, 0.2) is 17.2 Å². The van der Waals surface area contributed by atoms with Crippen LogP contribution in [-0.2, 0) is 28.7 Å². The van der Waals surface area contributed by atoms with E-state index in [9.17, 15) is 19.2 Å². The number of esters is 1. The minimum Gasteiger partial charge on any atom is -0.468 e. The Morgan fingerprint density at radius 1 is 1.27 bits per heavy atom. The summed E-state index contributed by atoms with van der Waals surface area (Å²) in [4.78, 5) is 50.9. The molecular formula is C24H24O6. The summed E-state index contributed by atoms with van der Waals surface area (Å²) in [7, 11) is 0. The quantitative estimate of drug-likeness (QED) is 0.524. The van der Waals surface area contributed by atoms with Crippen LogP contribution in [0.4, 0.5) is 0 Å². The van der Waals surface area contributed by atoms with E-state index in [1.54, 1.807) is 19.1 Å². The third-order valence-corrected chi connectivity index (χ3v) is 6.45. The van der Waals surface area contributed by atoms with Crippen molar-refractivity contribution in [3.05, 3.63) is 58.6 Å². The molecule has 6 heteroatoms. The molecule has 0 N–H and O–H groups in total. The molecule has 2 heterocycles. The van der Waals surface area contributed by atoms with Gasteiger partial charge < -0.3 is 9.47 Å². The molecule has 0 aromatic carbocycles. The third-order valence-electron chi connectivity index (χ3n) is 6.45. The standard InChI is InChI=1S/C24H24O6/c1-5-12(2)22(27)20-21-15-11-29-17(19-13(3)7-6-8-16(19)25)9-14(15)10-18(26)24(21,4)30-23(20)28/h6,8-13,19H,5,7H2,1-4H3. The van der Waals surface area contributed by atoms with Crippen molar-refractivity contribution >= 4 is 23.3 Å². The van der Waals surface area contributed by atoms with Crippen molar-refractivity contribution in [1.29, 1.82) is 0 Å². The lowest BCUT2D eigenvalue weighted by atomic mass is 9.74. The van der Waals surface area contributed by atoms with Crippen LogP contribution < -0.4 is 0 Å². The molecule has 4 atom stereocenters. The van der Waals surface area contributed by atoms with Crippen LogP contribution in [-0.4, -0.2) is 28.9 Å². The Hall–Kier alpha value is -3.02. The molecule has 0 amide bonds. The zero-order valence-corrected chi connectivity index (χ0v) is 17.5. The molecule has 0 aromatic heterocycles. The number of hydrogen-bond acceptors (Lipinski definition) is 6. The van der Waals surface area contributed by atoms with Gasteiger partial charge in [0.2, 0.25) is 5.78 Å². The minimum absolute atomic E-state index is 0.0457. The van der Waals surface area contributed by atoms with E-state index >= 15 is 0 Å². The van der Waals surface area contributed by atoms with E-state index in [-0.39, 0.29) is 34.5 Å². The SMILES string of the molecule is CCC(C)C(=O)C1=C2C3=COC(C4C(=O)C=CCC4C)=CC3=CC(=O)C2(C)OC1=O. The molecule has 0 radical (unpaired) electrons. The molecule has 0 aromatic rings. The van der Waals surface area contributed by atoms with Crippen LogP contribution in [0.2, 0.25) is 0 Å². The number of ketones is 3. The van der Waals surface area contributed by atoms with Gasteiger partial charge in [-0.05, 0) is 49.5 Å². The van der Waals surface area contributed by atoms with Gasteiger partial charge in [-0.25, -0.2) is 4.79 Å². The first-order valence-corrected chi connectivity index (χ1v) is 10.3. The molecule has 4 rings (SSSR count). The van der Waals surface area contributed by atoms with Gasteiger partial charge in [0.05, 0.1) is 12.2 Å². The predicted molar refractivity (Wildman–Crippen MR) is 108 cm³/mol. The largest absolute Gasteiger partial charge is 0.468 e. The molecule has 0 spiro atoms. The summed E-state index contributed by atoms with van der Waals surface area (Å²) in [5, 5.41) is 0. The highest BCUT2D eigenvalue weighted by Crippen LogP contribution is 2.47. The fourth-order valence-corrected chi connectivity index (χ4v) is 4.41. The Morgan fingerprint density at radius 3 is 2.67 bits per heavy atom. The maximum Gasteiger partial charge on any atom is 0.343 e. The number of rotatable bonds is 4. The second-order valence-corrected chi connectivity index (χ2v) is 8.50. The lowest BCUT2D eigenvalue weighted by Gasteiger charge is -2.33. The van der Waals surface area contributed by atoms with E-state index in [4.69, 9.17) is 9.47 Å². The van der Waals surface area contributed by atoms with E-state index in [1.807, 2.05) is 19.9 Å². The smallest absolute Gasteiger partial charge is 0.343 e. The van der Waals surface area contributed by atoms with E-state index in [2.05, 4.69) is 0 Å². The molecule has 2 aliphatic heterocycles. The lowest BCUT2D eigenvalue weighted by molar-refractivity contribution is -0.153. The first kappa shape index (κ1) is 20.3. The number of fused-ring (bicyclic) bond motifs is 3. The van der Waals surface area contributed by atoms with Gasteiger partial charge >= 0.3 is 5.97 Å². The Labute approximate surface area is 175 Å². The second-order valence-electron chi connectivity index (χ2n) is 8.50. The second kappa shape index (κ2) is 7.04. The topological polar surface area (TPSA) is 86.7 Å². The Balaban J connectivity index is 1.82. The van der Waals surface area contributed by atoms with Gasteiger partial charge in [0, 0.05) is 17.1 Å². The van der Waals surface area contributed by atoms with Crippen molar-refractivity contribution in [3.8, 4) is 0 Å². The molecule has 6 nitrogen and oxygen atoms in total. The first-order chi connectivity index (χ1) is 14.2. The van der Waals surface area contributed by atoms with Gasteiger partial charge in [-0.2, -0.15) is 0 Å². The monoisotopic (exact) mass is 408 g/mol. The summed E-state index contributed by atoms with van der Waals surface area (Å²) >= 11 is 0. The number of carbonyl (C=O) groups is 4. The highest BCUT2D eigenvalue weighted by atomic mass is 16.6. The predicted octanol–water partition coefficient (Wildman–Crippen LogP) is 3.30. The van der Waals surface area contributed by atoms with Gasteiger partial charge in [0.25, 0.3) is 0 Å². The van der Waals surface area contributed by atoms with E-state index < -0.39 is 23.3 Å². The number of allylic oxidation sites excluding steroid dienone is 5. The van der Waals surface area contributed by atoms with Crippen molar-refractivity contribution in [2.75, 3.05) is 0 Å². The fourth-order valence-electron chi connectivity index (χ4n) is 4.41. The Kier molecular flexibility index (Phi) is 4.76. The van der Waals surface area contributed by atoms with Crippen molar-refractivity contribution in [1.82, 2.24) is 0 Å². The average molecular weight is 408 g/mol. The molecular weight excluding hydrogens is 384 g/mol. The van der Waals surface area contributed by atoms with Crippen molar-refractivity contribution < 1.29 is 28.7 Å². The van der Waals surface area contributed by atoms with Gasteiger partial charge in [-0.1, -0.05) is 26.8 Å². The molecule has 0 bridgehead atoms. The van der Waals surface area contributed by atoms with E-state index in [0.29, 0.717) is 23.3 Å². The maximum atomic E-state index is 12.9. The molecule has 156 valence electrons. The van der Waals surface area contributed by atoms with Crippen LogP contribution in [0.3, 0.4) is 0 Å². The number of ether oxygens (including phenoxy) is 2. The molecule has 4 unspecified atom stereocenters. The van der Waals surface area contributed by atoms with Crippen LogP contribution in [0, 0.1) is 17.8 Å². The minimum atomic E-state index is -1.55. The normalized spacial score (nSPS) is 31.2. The molecule has 0 fully saturated rings. The Bertz CT molecular complexity index is 1030. The van der Waals surface area contributed by atoms with Crippen molar-refractivity contribution in [3.63, 3.8) is 0 Å². The van der Waals surface area contributed by atoms with Gasteiger partial charge in [-0.15, -0.1) is 0 Å². The summed E-state index contributed by atoms with van der Waals surface area (Å²) in [6.07, 6.45) is 9.23. The molecule has 30 heavy (non-hydrogen) atoms. The van der Waals surface area contributed by atoms with Crippen LogP contribution in [0.25, 0.3) is 0 Å². The fraction of sp³-hybridized carbons (Fsp3) is 0.417. The summed E-state index contributed by atoms with van der Waals surface area (Å²) in [6, 6.07) is 0. The zero-order valence-electron chi connectivity index (χ0n) is 17.5. The summed E-state index contributed by atoms with van der Waals surface area (Å²) < 4.78 is 11.3.